The topological polar surface area (TPSA) is 79.5 Å². The molecule has 0 radical (unpaired) electrons. The lowest BCUT2D eigenvalue weighted by atomic mass is 10.1. The molecule has 122 valence electrons. The maximum absolute atomic E-state index is 10.7. The summed E-state index contributed by atoms with van der Waals surface area (Å²) in [6, 6.07) is 0. The van der Waals surface area contributed by atoms with Crippen LogP contribution in [0.3, 0.4) is 0 Å². The van der Waals surface area contributed by atoms with E-state index in [4.69, 9.17) is 5.73 Å². The Hall–Kier alpha value is -2.30. The number of amides is 1. The van der Waals surface area contributed by atoms with Gasteiger partial charge in [-0.25, -0.2) is 0 Å². The Labute approximate surface area is 133 Å². The summed E-state index contributed by atoms with van der Waals surface area (Å²) in [5, 5.41) is 5.79. The first-order chi connectivity index (χ1) is 10.4. The average Bonchev–Trinajstić information content (AvgIpc) is 2.48. The molecule has 0 saturated heterocycles. The van der Waals surface area contributed by atoms with E-state index >= 15 is 0 Å². The lowest BCUT2D eigenvalue weighted by molar-refractivity contribution is -0.108. The van der Waals surface area contributed by atoms with Crippen molar-refractivity contribution in [2.24, 2.45) is 10.7 Å². The number of allylic oxidation sites excluding steroid dienone is 6. The van der Waals surface area contributed by atoms with E-state index in [1.54, 1.807) is 7.05 Å². The molecular weight excluding hydrogens is 276 g/mol. The Morgan fingerprint density at radius 2 is 1.82 bits per heavy atom. The number of aliphatic imine (C=N–C) groups is 1. The first kappa shape index (κ1) is 19.7. The molecule has 0 aliphatic rings. The van der Waals surface area contributed by atoms with Crippen LogP contribution < -0.4 is 16.4 Å². The molecule has 0 heterocycles. The minimum atomic E-state index is 0.674. The molecule has 5 heteroatoms. The Kier molecular flexibility index (Phi) is 9.34. The Morgan fingerprint density at radius 1 is 1.18 bits per heavy atom. The predicted molar refractivity (Wildman–Crippen MR) is 94.4 cm³/mol. The maximum atomic E-state index is 10.7. The second-order valence-corrected chi connectivity index (χ2v) is 4.87. The highest BCUT2D eigenvalue weighted by Gasteiger charge is 2.09. The number of carbonyl (C=O) groups excluding carboxylic acids is 1. The second-order valence-electron chi connectivity index (χ2n) is 4.87. The number of hydrogen-bond donors (Lipinski definition) is 3. The SMILES string of the molecule is CC/C=C(C)/C(=C\C=C(/C)C(=NC)/C(NC)=C(/C)N)NC=O. The minimum absolute atomic E-state index is 0.674. The summed E-state index contributed by atoms with van der Waals surface area (Å²) in [6.45, 7) is 7.80. The third kappa shape index (κ3) is 5.99. The summed E-state index contributed by atoms with van der Waals surface area (Å²) in [4.78, 5) is 15.0. The molecule has 5 nitrogen and oxygen atoms in total. The third-order valence-corrected chi connectivity index (χ3v) is 3.13. The highest BCUT2D eigenvalue weighted by Crippen LogP contribution is 2.11. The van der Waals surface area contributed by atoms with Gasteiger partial charge in [-0.2, -0.15) is 0 Å². The molecule has 0 unspecified atom stereocenters. The van der Waals surface area contributed by atoms with Crippen molar-refractivity contribution in [2.75, 3.05) is 14.1 Å². The number of carbonyl (C=O) groups is 1. The number of nitrogens with two attached hydrogens (primary N) is 1. The van der Waals surface area contributed by atoms with Gasteiger partial charge in [-0.05, 0) is 44.4 Å². The largest absolute Gasteiger partial charge is 0.401 e. The van der Waals surface area contributed by atoms with Crippen LogP contribution in [-0.2, 0) is 4.79 Å². The summed E-state index contributed by atoms with van der Waals surface area (Å²) in [5.74, 6) is 0. The second kappa shape index (κ2) is 10.4. The van der Waals surface area contributed by atoms with E-state index in [0.717, 1.165) is 34.7 Å². The fourth-order valence-corrected chi connectivity index (χ4v) is 2.05. The van der Waals surface area contributed by atoms with Crippen molar-refractivity contribution in [3.05, 3.63) is 46.5 Å². The average molecular weight is 304 g/mol. The molecule has 0 atom stereocenters. The van der Waals surface area contributed by atoms with Gasteiger partial charge in [-0.1, -0.05) is 19.1 Å². The quantitative estimate of drug-likeness (QED) is 0.366. The Morgan fingerprint density at radius 3 is 2.23 bits per heavy atom. The molecule has 0 aromatic heterocycles. The van der Waals surface area contributed by atoms with E-state index in [0.29, 0.717) is 12.1 Å². The van der Waals surface area contributed by atoms with Crippen LogP contribution in [0, 0.1) is 0 Å². The molecule has 0 rings (SSSR count). The van der Waals surface area contributed by atoms with Gasteiger partial charge < -0.3 is 16.4 Å². The first-order valence-electron chi connectivity index (χ1n) is 7.30. The van der Waals surface area contributed by atoms with Gasteiger partial charge in [0.1, 0.15) is 0 Å². The molecule has 0 aliphatic carbocycles. The molecule has 0 aromatic carbocycles. The fraction of sp³-hybridized carbons (Fsp3) is 0.412. The number of hydrogen-bond acceptors (Lipinski definition) is 4. The molecule has 0 spiro atoms. The summed E-state index contributed by atoms with van der Waals surface area (Å²) in [5.41, 5.74) is 10.9. The first-order valence-corrected chi connectivity index (χ1v) is 7.30. The van der Waals surface area contributed by atoms with Gasteiger partial charge in [0, 0.05) is 25.5 Å². The molecule has 1 amide bonds. The zero-order chi connectivity index (χ0) is 17.1. The van der Waals surface area contributed by atoms with Crippen molar-refractivity contribution in [3.63, 3.8) is 0 Å². The Bertz CT molecular complexity index is 533. The molecular formula is C17H28N4O. The minimum Gasteiger partial charge on any atom is -0.401 e. The summed E-state index contributed by atoms with van der Waals surface area (Å²) >= 11 is 0. The van der Waals surface area contributed by atoms with Gasteiger partial charge in [0.25, 0.3) is 0 Å². The van der Waals surface area contributed by atoms with Crippen molar-refractivity contribution >= 4 is 12.1 Å². The van der Waals surface area contributed by atoms with Gasteiger partial charge in [0.2, 0.25) is 6.41 Å². The van der Waals surface area contributed by atoms with Gasteiger partial charge in [-0.3, -0.25) is 9.79 Å². The van der Waals surface area contributed by atoms with E-state index < -0.39 is 0 Å². The molecule has 4 N–H and O–H groups in total. The van der Waals surface area contributed by atoms with Crippen molar-refractivity contribution in [2.45, 2.75) is 34.1 Å². The van der Waals surface area contributed by atoms with E-state index in [-0.39, 0.29) is 0 Å². The van der Waals surface area contributed by atoms with Crippen molar-refractivity contribution in [1.29, 1.82) is 0 Å². The highest BCUT2D eigenvalue weighted by molar-refractivity contribution is 6.12. The van der Waals surface area contributed by atoms with Gasteiger partial charge in [0.05, 0.1) is 11.4 Å². The Balaban J connectivity index is 5.65. The normalized spacial score (nSPS) is 15.4. The maximum Gasteiger partial charge on any atom is 0.211 e. The molecule has 0 bridgehead atoms. The standard InChI is InChI=1S/C17H28N4O/c1-7-8-12(2)15(21-11-22)10-9-13(3)16(19-5)17(20-6)14(4)18/h8-11,20H,7,18H2,1-6H3,(H,21,22)/b12-8+,13-9+,15-10+,17-14+,19-16?. The lowest BCUT2D eigenvalue weighted by Gasteiger charge is -2.12. The van der Waals surface area contributed by atoms with E-state index in [1.165, 1.54) is 0 Å². The smallest absolute Gasteiger partial charge is 0.211 e. The monoisotopic (exact) mass is 304 g/mol. The zero-order valence-corrected chi connectivity index (χ0v) is 14.4. The molecule has 22 heavy (non-hydrogen) atoms. The van der Waals surface area contributed by atoms with Crippen molar-refractivity contribution in [3.8, 4) is 0 Å². The van der Waals surface area contributed by atoms with Crippen LogP contribution in [0.1, 0.15) is 34.1 Å². The van der Waals surface area contributed by atoms with Crippen LogP contribution in [0.15, 0.2) is 51.5 Å². The van der Waals surface area contributed by atoms with Crippen LogP contribution in [0.2, 0.25) is 0 Å². The number of nitrogens with one attached hydrogen (secondary N) is 2. The van der Waals surface area contributed by atoms with Crippen LogP contribution in [0.25, 0.3) is 0 Å². The van der Waals surface area contributed by atoms with Crippen molar-refractivity contribution < 1.29 is 4.79 Å². The summed E-state index contributed by atoms with van der Waals surface area (Å²) < 4.78 is 0. The van der Waals surface area contributed by atoms with Gasteiger partial charge in [0.15, 0.2) is 0 Å². The molecule has 0 aliphatic heterocycles. The summed E-state index contributed by atoms with van der Waals surface area (Å²) in [7, 11) is 3.54. The highest BCUT2D eigenvalue weighted by atomic mass is 16.1. The van der Waals surface area contributed by atoms with Gasteiger partial charge >= 0.3 is 0 Å². The number of rotatable bonds is 8. The van der Waals surface area contributed by atoms with Crippen LogP contribution >= 0.6 is 0 Å². The molecule has 0 saturated carbocycles. The fourth-order valence-electron chi connectivity index (χ4n) is 2.05. The van der Waals surface area contributed by atoms with E-state index in [9.17, 15) is 4.79 Å². The predicted octanol–water partition coefficient (Wildman–Crippen LogP) is 2.40. The third-order valence-electron chi connectivity index (χ3n) is 3.13. The van der Waals surface area contributed by atoms with Gasteiger partial charge in [-0.15, -0.1) is 0 Å². The molecule has 0 fully saturated rings. The summed E-state index contributed by atoms with van der Waals surface area (Å²) in [6.07, 6.45) is 7.44. The van der Waals surface area contributed by atoms with Crippen molar-refractivity contribution in [1.82, 2.24) is 10.6 Å². The van der Waals surface area contributed by atoms with E-state index in [1.807, 2.05) is 40.0 Å². The van der Waals surface area contributed by atoms with Crippen LogP contribution in [0.4, 0.5) is 0 Å². The van der Waals surface area contributed by atoms with Crippen LogP contribution in [-0.4, -0.2) is 26.2 Å². The zero-order valence-electron chi connectivity index (χ0n) is 14.4. The van der Waals surface area contributed by atoms with E-state index in [2.05, 4.69) is 28.6 Å². The molecule has 0 aromatic rings. The number of nitrogens with zero attached hydrogens (tertiary/aromatic N) is 1. The lowest BCUT2D eigenvalue weighted by Crippen LogP contribution is -2.21. The van der Waals surface area contributed by atoms with Crippen LogP contribution in [0.5, 0.6) is 0 Å².